The molecule has 2 aromatic rings. The zero-order valence-electron chi connectivity index (χ0n) is 9.59. The lowest BCUT2D eigenvalue weighted by Crippen LogP contribution is -2.21. The topological polar surface area (TPSA) is 44.2 Å². The summed E-state index contributed by atoms with van der Waals surface area (Å²) in [6.45, 7) is 0. The van der Waals surface area contributed by atoms with Crippen LogP contribution < -0.4 is 9.47 Å². The van der Waals surface area contributed by atoms with Crippen LogP contribution in [-0.2, 0) is 0 Å². The summed E-state index contributed by atoms with van der Waals surface area (Å²) in [5.74, 6) is -2.26. The largest absolute Gasteiger partial charge is 0.573 e. The number of ether oxygens (including phenoxy) is 2. The third-order valence-electron chi connectivity index (χ3n) is 2.10. The first-order valence-corrected chi connectivity index (χ1v) is 6.09. The first-order chi connectivity index (χ1) is 9.55. The Hall–Kier alpha value is -1.53. The molecule has 11 heteroatoms. The average Bonchev–Trinajstić information content (AvgIpc) is 2.27. The van der Waals surface area contributed by atoms with E-state index in [9.17, 15) is 26.3 Å². The van der Waals surface area contributed by atoms with E-state index in [4.69, 9.17) is 0 Å². The fraction of sp³-hybridized carbons (Fsp3) is 0.200. The molecule has 0 saturated carbocycles. The molecule has 0 radical (unpaired) electrons. The number of fused-ring (bicyclic) bond motifs is 1. The highest BCUT2D eigenvalue weighted by Crippen LogP contribution is 2.38. The Bertz CT molecular complexity index is 673. The molecular formula is C10H3F6IN2O2. The maximum atomic E-state index is 12.3. The van der Waals surface area contributed by atoms with Crippen LogP contribution in [0.2, 0.25) is 0 Å². The van der Waals surface area contributed by atoms with E-state index in [-0.39, 0.29) is 14.6 Å². The lowest BCUT2D eigenvalue weighted by Gasteiger charge is -2.16. The summed E-state index contributed by atoms with van der Waals surface area (Å²) in [5.41, 5.74) is -0.0109. The molecule has 0 saturated heterocycles. The molecule has 1 heterocycles. The van der Waals surface area contributed by atoms with Crippen molar-refractivity contribution in [3.63, 3.8) is 0 Å². The maximum Gasteiger partial charge on any atom is 0.573 e. The van der Waals surface area contributed by atoms with E-state index < -0.39 is 24.2 Å². The monoisotopic (exact) mass is 424 g/mol. The van der Waals surface area contributed by atoms with E-state index in [0.717, 1.165) is 12.4 Å². The summed E-state index contributed by atoms with van der Waals surface area (Å²) in [7, 11) is 0. The summed E-state index contributed by atoms with van der Waals surface area (Å²) < 4.78 is 80.9. The Labute approximate surface area is 126 Å². The van der Waals surface area contributed by atoms with Gasteiger partial charge in [-0.25, -0.2) is 9.97 Å². The number of aromatic nitrogens is 2. The molecule has 0 amide bonds. The van der Waals surface area contributed by atoms with Crippen molar-refractivity contribution in [3.8, 4) is 11.5 Å². The molecule has 1 aromatic heterocycles. The highest BCUT2D eigenvalue weighted by molar-refractivity contribution is 14.1. The minimum Gasteiger partial charge on any atom is -0.402 e. The normalized spacial score (nSPS) is 12.5. The molecular weight excluding hydrogens is 421 g/mol. The first kappa shape index (κ1) is 15.9. The van der Waals surface area contributed by atoms with Crippen LogP contribution in [0, 0.1) is 3.70 Å². The second kappa shape index (κ2) is 5.35. The van der Waals surface area contributed by atoms with E-state index in [2.05, 4.69) is 19.4 Å². The van der Waals surface area contributed by atoms with E-state index in [1.807, 2.05) is 0 Å². The molecule has 0 aliphatic carbocycles. The molecule has 1 aromatic carbocycles. The summed E-state index contributed by atoms with van der Waals surface area (Å²) in [4.78, 5) is 7.40. The van der Waals surface area contributed by atoms with Crippen LogP contribution in [-0.4, -0.2) is 22.7 Å². The predicted octanol–water partition coefficient (Wildman–Crippen LogP) is 4.03. The highest BCUT2D eigenvalue weighted by Gasteiger charge is 2.37. The van der Waals surface area contributed by atoms with Gasteiger partial charge < -0.3 is 9.47 Å². The van der Waals surface area contributed by atoms with Gasteiger partial charge >= 0.3 is 12.7 Å². The lowest BCUT2D eigenvalue weighted by molar-refractivity contribution is -0.287. The van der Waals surface area contributed by atoms with E-state index in [0.29, 0.717) is 6.07 Å². The van der Waals surface area contributed by atoms with E-state index in [1.165, 1.54) is 0 Å². The zero-order chi connectivity index (χ0) is 15.8. The number of hydrogen-bond acceptors (Lipinski definition) is 4. The van der Waals surface area contributed by atoms with Gasteiger partial charge in [-0.3, -0.25) is 0 Å². The van der Waals surface area contributed by atoms with Crippen LogP contribution in [0.5, 0.6) is 11.5 Å². The zero-order valence-corrected chi connectivity index (χ0v) is 11.7. The Morgan fingerprint density at radius 2 is 1.38 bits per heavy atom. The number of hydrogen-bond donors (Lipinski definition) is 0. The molecule has 4 nitrogen and oxygen atoms in total. The Kier molecular flexibility index (Phi) is 4.04. The van der Waals surface area contributed by atoms with Crippen LogP contribution in [0.4, 0.5) is 26.3 Å². The smallest absolute Gasteiger partial charge is 0.402 e. The Morgan fingerprint density at radius 3 is 1.90 bits per heavy atom. The quantitative estimate of drug-likeness (QED) is 0.415. The minimum atomic E-state index is -5.17. The molecule has 0 aliphatic heterocycles. The summed E-state index contributed by atoms with van der Waals surface area (Å²) in [6.07, 6.45) is -9.28. The molecule has 0 spiro atoms. The molecule has 0 fully saturated rings. The SMILES string of the molecule is FC(F)(F)Oc1cc2ncnc(I)c2cc1OC(F)(F)F. The van der Waals surface area contributed by atoms with Crippen molar-refractivity contribution in [1.82, 2.24) is 9.97 Å². The molecule has 0 aliphatic rings. The van der Waals surface area contributed by atoms with Crippen molar-refractivity contribution in [1.29, 1.82) is 0 Å². The Morgan fingerprint density at radius 1 is 0.857 bits per heavy atom. The molecule has 2 rings (SSSR count). The van der Waals surface area contributed by atoms with Gasteiger partial charge in [-0.05, 0) is 28.7 Å². The van der Waals surface area contributed by atoms with Crippen LogP contribution in [0.15, 0.2) is 18.5 Å². The molecule has 0 bridgehead atoms. The summed E-state index contributed by atoms with van der Waals surface area (Å²) in [5, 5.41) is 0.104. The van der Waals surface area contributed by atoms with Crippen molar-refractivity contribution < 1.29 is 35.8 Å². The standard InChI is InChI=1S/C10H3F6IN2O2/c11-9(12,13)20-6-1-4-5(18-3-19-8(4)17)2-7(6)21-10(14,15)16/h1-3H. The molecule has 0 atom stereocenters. The predicted molar refractivity (Wildman–Crippen MR) is 65.6 cm³/mol. The van der Waals surface area contributed by atoms with Gasteiger partial charge in [-0.15, -0.1) is 26.3 Å². The molecule has 114 valence electrons. The van der Waals surface area contributed by atoms with Gasteiger partial charge in [-0.1, -0.05) is 0 Å². The average molecular weight is 424 g/mol. The second-order valence-electron chi connectivity index (χ2n) is 3.58. The van der Waals surface area contributed by atoms with Gasteiger partial charge in [-0.2, -0.15) is 0 Å². The Balaban J connectivity index is 2.60. The third-order valence-corrected chi connectivity index (χ3v) is 2.96. The molecule has 0 N–H and O–H groups in total. The van der Waals surface area contributed by atoms with E-state index in [1.54, 1.807) is 22.6 Å². The van der Waals surface area contributed by atoms with Gasteiger partial charge in [0.1, 0.15) is 10.0 Å². The first-order valence-electron chi connectivity index (χ1n) is 5.01. The minimum absolute atomic E-state index is 0.0109. The van der Waals surface area contributed by atoms with Crippen molar-refractivity contribution >= 4 is 33.5 Å². The third kappa shape index (κ3) is 4.22. The summed E-state index contributed by atoms with van der Waals surface area (Å²) in [6, 6.07) is 1.44. The highest BCUT2D eigenvalue weighted by atomic mass is 127. The number of halogens is 7. The van der Waals surface area contributed by atoms with Gasteiger partial charge in [0.05, 0.1) is 5.52 Å². The van der Waals surface area contributed by atoms with Gasteiger partial charge in [0.25, 0.3) is 0 Å². The van der Waals surface area contributed by atoms with Crippen LogP contribution in [0.25, 0.3) is 10.9 Å². The molecule has 21 heavy (non-hydrogen) atoms. The fourth-order valence-electron chi connectivity index (χ4n) is 1.44. The number of rotatable bonds is 2. The van der Waals surface area contributed by atoms with Gasteiger partial charge in [0.2, 0.25) is 0 Å². The van der Waals surface area contributed by atoms with Crippen molar-refractivity contribution in [2.45, 2.75) is 12.7 Å². The lowest BCUT2D eigenvalue weighted by atomic mass is 10.2. The number of nitrogens with zero attached hydrogens (tertiary/aromatic N) is 2. The van der Waals surface area contributed by atoms with Gasteiger partial charge in [0, 0.05) is 11.5 Å². The molecule has 0 unspecified atom stereocenters. The van der Waals surface area contributed by atoms with E-state index >= 15 is 0 Å². The number of benzene rings is 1. The maximum absolute atomic E-state index is 12.3. The number of alkyl halides is 6. The van der Waals surface area contributed by atoms with Crippen molar-refractivity contribution in [2.75, 3.05) is 0 Å². The van der Waals surface area contributed by atoms with Crippen molar-refractivity contribution in [2.24, 2.45) is 0 Å². The van der Waals surface area contributed by atoms with Gasteiger partial charge in [0.15, 0.2) is 11.5 Å². The van der Waals surface area contributed by atoms with Crippen LogP contribution in [0.3, 0.4) is 0 Å². The fourth-order valence-corrected chi connectivity index (χ4v) is 2.00. The second-order valence-corrected chi connectivity index (χ2v) is 4.60. The van der Waals surface area contributed by atoms with Crippen molar-refractivity contribution in [3.05, 3.63) is 22.2 Å². The van der Waals surface area contributed by atoms with Crippen LogP contribution >= 0.6 is 22.6 Å². The van der Waals surface area contributed by atoms with Crippen LogP contribution in [0.1, 0.15) is 0 Å². The summed E-state index contributed by atoms with van der Waals surface area (Å²) >= 11 is 1.70.